The van der Waals surface area contributed by atoms with E-state index in [0.717, 1.165) is 5.75 Å². The van der Waals surface area contributed by atoms with E-state index in [4.69, 9.17) is 10.6 Å². The second kappa shape index (κ2) is 9.82. The standard InChI is InChI=1S/C22H26FN5O2S/c1-22(2,3)15-4-10-18(11-5-15)30-14-19-26-27-21(28(19)24)31-13-12-20(29)25-17-8-6-16(23)7-9-17/h4-11H,12-14,24H2,1-3H3,(H,25,29). The zero-order valence-electron chi connectivity index (χ0n) is 17.8. The zero-order chi connectivity index (χ0) is 22.4. The molecule has 9 heteroatoms. The Hall–Kier alpha value is -3.07. The number of carbonyl (C=O) groups is 1. The summed E-state index contributed by atoms with van der Waals surface area (Å²) in [6.07, 6.45) is 0.251. The molecule has 3 aromatic rings. The third kappa shape index (κ3) is 6.45. The number of nitrogens with zero attached hydrogens (tertiary/aromatic N) is 3. The molecule has 0 atom stereocenters. The number of anilines is 1. The van der Waals surface area contributed by atoms with E-state index in [9.17, 15) is 9.18 Å². The van der Waals surface area contributed by atoms with Gasteiger partial charge in [-0.1, -0.05) is 44.7 Å². The lowest BCUT2D eigenvalue weighted by molar-refractivity contribution is -0.115. The first kappa shape index (κ1) is 22.6. The number of nitrogen functional groups attached to an aromatic ring is 1. The first-order chi connectivity index (χ1) is 14.7. The highest BCUT2D eigenvalue weighted by atomic mass is 32.2. The van der Waals surface area contributed by atoms with Gasteiger partial charge in [-0.2, -0.15) is 0 Å². The molecule has 1 amide bonds. The SMILES string of the molecule is CC(C)(C)c1ccc(OCc2nnc(SCCC(=O)Nc3ccc(F)cc3)n2N)cc1. The third-order valence-electron chi connectivity index (χ3n) is 4.51. The largest absolute Gasteiger partial charge is 0.486 e. The molecule has 0 radical (unpaired) electrons. The van der Waals surface area contributed by atoms with Crippen molar-refractivity contribution in [2.24, 2.45) is 0 Å². The lowest BCUT2D eigenvalue weighted by Gasteiger charge is -2.19. The number of nitrogens with one attached hydrogen (secondary N) is 1. The smallest absolute Gasteiger partial charge is 0.225 e. The summed E-state index contributed by atoms with van der Waals surface area (Å²) < 4.78 is 20.0. The molecule has 2 aromatic carbocycles. The van der Waals surface area contributed by atoms with Crippen LogP contribution >= 0.6 is 11.8 Å². The summed E-state index contributed by atoms with van der Waals surface area (Å²) >= 11 is 1.32. The van der Waals surface area contributed by atoms with Gasteiger partial charge in [0, 0.05) is 17.9 Å². The molecule has 0 saturated heterocycles. The van der Waals surface area contributed by atoms with E-state index in [0.29, 0.717) is 22.4 Å². The van der Waals surface area contributed by atoms with Gasteiger partial charge in [0.25, 0.3) is 0 Å². The van der Waals surface area contributed by atoms with E-state index in [-0.39, 0.29) is 30.2 Å². The van der Waals surface area contributed by atoms with Gasteiger partial charge in [-0.15, -0.1) is 10.2 Å². The third-order valence-corrected chi connectivity index (χ3v) is 5.46. The maximum absolute atomic E-state index is 12.9. The quantitative estimate of drug-likeness (QED) is 0.402. The van der Waals surface area contributed by atoms with Gasteiger partial charge in [-0.25, -0.2) is 9.07 Å². The number of carbonyl (C=O) groups excluding carboxylic acids is 1. The number of hydrogen-bond donors (Lipinski definition) is 2. The number of nitrogens with two attached hydrogens (primary N) is 1. The molecule has 7 nitrogen and oxygen atoms in total. The van der Waals surface area contributed by atoms with Crippen LogP contribution in [-0.4, -0.2) is 26.5 Å². The van der Waals surface area contributed by atoms with Crippen LogP contribution in [0.1, 0.15) is 38.6 Å². The Morgan fingerprint density at radius 2 is 1.81 bits per heavy atom. The summed E-state index contributed by atoms with van der Waals surface area (Å²) in [7, 11) is 0. The van der Waals surface area contributed by atoms with Crippen LogP contribution in [0.3, 0.4) is 0 Å². The van der Waals surface area contributed by atoms with Crippen molar-refractivity contribution in [1.82, 2.24) is 14.9 Å². The summed E-state index contributed by atoms with van der Waals surface area (Å²) in [4.78, 5) is 12.0. The fraction of sp³-hybridized carbons (Fsp3) is 0.318. The molecule has 0 fully saturated rings. The molecular weight excluding hydrogens is 417 g/mol. The molecule has 3 rings (SSSR count). The topological polar surface area (TPSA) is 95.1 Å². The zero-order valence-corrected chi connectivity index (χ0v) is 18.6. The van der Waals surface area contributed by atoms with Crippen LogP contribution in [0, 0.1) is 5.82 Å². The maximum atomic E-state index is 12.9. The summed E-state index contributed by atoms with van der Waals surface area (Å²) in [5, 5.41) is 11.3. The van der Waals surface area contributed by atoms with E-state index >= 15 is 0 Å². The molecule has 164 valence electrons. The summed E-state index contributed by atoms with van der Waals surface area (Å²) in [5.74, 6) is 7.21. The van der Waals surface area contributed by atoms with E-state index in [2.05, 4.69) is 36.3 Å². The number of benzene rings is 2. The Morgan fingerprint density at radius 3 is 2.45 bits per heavy atom. The molecule has 0 aliphatic rings. The molecule has 0 aliphatic carbocycles. The predicted octanol–water partition coefficient (Wildman–Crippen LogP) is 4.13. The highest BCUT2D eigenvalue weighted by Gasteiger charge is 2.14. The molecule has 0 bridgehead atoms. The van der Waals surface area contributed by atoms with Crippen LogP contribution < -0.4 is 15.9 Å². The van der Waals surface area contributed by atoms with Crippen LogP contribution in [-0.2, 0) is 16.8 Å². The minimum absolute atomic E-state index is 0.0814. The fourth-order valence-electron chi connectivity index (χ4n) is 2.69. The van der Waals surface area contributed by atoms with Crippen LogP contribution in [0.15, 0.2) is 53.7 Å². The van der Waals surface area contributed by atoms with Crippen molar-refractivity contribution in [3.8, 4) is 5.75 Å². The molecule has 3 N–H and O–H groups in total. The molecule has 0 aliphatic heterocycles. The monoisotopic (exact) mass is 443 g/mol. The predicted molar refractivity (Wildman–Crippen MR) is 120 cm³/mol. The van der Waals surface area contributed by atoms with Gasteiger partial charge in [0.15, 0.2) is 5.82 Å². The average molecular weight is 444 g/mol. The maximum Gasteiger partial charge on any atom is 0.225 e. The van der Waals surface area contributed by atoms with Gasteiger partial charge >= 0.3 is 0 Å². The average Bonchev–Trinajstić information content (AvgIpc) is 3.07. The van der Waals surface area contributed by atoms with Crippen LogP contribution in [0.5, 0.6) is 5.75 Å². The number of rotatable bonds is 8. The van der Waals surface area contributed by atoms with Gasteiger partial charge in [0.05, 0.1) is 0 Å². The van der Waals surface area contributed by atoms with Gasteiger partial charge in [-0.3, -0.25) is 4.79 Å². The fourth-order valence-corrected chi connectivity index (χ4v) is 3.51. The van der Waals surface area contributed by atoms with E-state index in [1.165, 1.54) is 46.3 Å². The van der Waals surface area contributed by atoms with Crippen LogP contribution in [0.4, 0.5) is 10.1 Å². The molecular formula is C22H26FN5O2S. The van der Waals surface area contributed by atoms with Crippen molar-refractivity contribution >= 4 is 23.4 Å². The number of thioether (sulfide) groups is 1. The number of amides is 1. The normalized spacial score (nSPS) is 11.4. The van der Waals surface area contributed by atoms with Crippen molar-refractivity contribution < 1.29 is 13.9 Å². The Balaban J connectivity index is 1.46. The first-order valence-corrected chi connectivity index (χ1v) is 10.8. The summed E-state index contributed by atoms with van der Waals surface area (Å²) in [6, 6.07) is 13.6. The molecule has 0 spiro atoms. The highest BCUT2D eigenvalue weighted by molar-refractivity contribution is 7.99. The summed E-state index contributed by atoms with van der Waals surface area (Å²) in [5.41, 5.74) is 1.86. The molecule has 0 saturated carbocycles. The first-order valence-electron chi connectivity index (χ1n) is 9.83. The second-order valence-corrected chi connectivity index (χ2v) is 9.05. The molecule has 0 unspecified atom stereocenters. The van der Waals surface area contributed by atoms with Crippen LogP contribution in [0.2, 0.25) is 0 Å². The molecule has 31 heavy (non-hydrogen) atoms. The Morgan fingerprint density at radius 1 is 1.13 bits per heavy atom. The Bertz CT molecular complexity index is 1010. The van der Waals surface area contributed by atoms with E-state index < -0.39 is 0 Å². The van der Waals surface area contributed by atoms with Gasteiger partial charge in [-0.05, 0) is 47.4 Å². The molecule has 1 aromatic heterocycles. The van der Waals surface area contributed by atoms with Gasteiger partial charge in [0.2, 0.25) is 11.1 Å². The second-order valence-electron chi connectivity index (χ2n) is 7.99. The molecule has 1 heterocycles. The Kier molecular flexibility index (Phi) is 7.17. The van der Waals surface area contributed by atoms with Gasteiger partial charge < -0.3 is 15.9 Å². The van der Waals surface area contributed by atoms with E-state index in [1.807, 2.05) is 24.3 Å². The number of aromatic nitrogens is 3. The van der Waals surface area contributed by atoms with E-state index in [1.54, 1.807) is 0 Å². The number of hydrogen-bond acceptors (Lipinski definition) is 6. The van der Waals surface area contributed by atoms with Crippen molar-refractivity contribution in [3.63, 3.8) is 0 Å². The minimum atomic E-state index is -0.349. The lowest BCUT2D eigenvalue weighted by atomic mass is 9.87. The van der Waals surface area contributed by atoms with Crippen molar-refractivity contribution in [3.05, 3.63) is 65.7 Å². The minimum Gasteiger partial charge on any atom is -0.486 e. The number of ether oxygens (including phenoxy) is 1. The summed E-state index contributed by atoms with van der Waals surface area (Å²) in [6.45, 7) is 6.66. The number of halogens is 1. The van der Waals surface area contributed by atoms with Gasteiger partial charge in [0.1, 0.15) is 18.2 Å². The van der Waals surface area contributed by atoms with Crippen LogP contribution in [0.25, 0.3) is 0 Å². The highest BCUT2D eigenvalue weighted by Crippen LogP contribution is 2.24. The Labute approximate surface area is 185 Å². The van der Waals surface area contributed by atoms with Crippen molar-refractivity contribution in [2.75, 3.05) is 16.9 Å². The lowest BCUT2D eigenvalue weighted by Crippen LogP contribution is -2.16. The van der Waals surface area contributed by atoms with Crippen molar-refractivity contribution in [2.45, 2.75) is 44.4 Å². The van der Waals surface area contributed by atoms with Crippen molar-refractivity contribution in [1.29, 1.82) is 0 Å².